The summed E-state index contributed by atoms with van der Waals surface area (Å²) in [4.78, 5) is 35.3. The van der Waals surface area contributed by atoms with Crippen molar-refractivity contribution in [3.8, 4) is 17.2 Å². The predicted molar refractivity (Wildman–Crippen MR) is 85.5 cm³/mol. The minimum Gasteiger partial charge on any atom is -0.492 e. The summed E-state index contributed by atoms with van der Waals surface area (Å²) in [6, 6.07) is 11.4. The molecule has 0 aliphatic heterocycles. The van der Waals surface area contributed by atoms with Crippen molar-refractivity contribution in [3.63, 3.8) is 0 Å². The molecule has 2 rings (SSSR count). The molecule has 6 nitrogen and oxygen atoms in total. The zero-order valence-electron chi connectivity index (χ0n) is 13.5. The number of hydrogen-bond acceptors (Lipinski definition) is 6. The van der Waals surface area contributed by atoms with Crippen LogP contribution in [-0.4, -0.2) is 24.8 Å². The van der Waals surface area contributed by atoms with Crippen molar-refractivity contribution in [3.05, 3.63) is 53.6 Å². The highest BCUT2D eigenvalue weighted by Crippen LogP contribution is 2.41. The van der Waals surface area contributed by atoms with Gasteiger partial charge in [-0.15, -0.1) is 0 Å². The van der Waals surface area contributed by atoms with E-state index in [9.17, 15) is 14.4 Å². The highest BCUT2D eigenvalue weighted by molar-refractivity contribution is 6.11. The molecule has 124 valence electrons. The van der Waals surface area contributed by atoms with Gasteiger partial charge in [0.1, 0.15) is 0 Å². The molecule has 0 unspecified atom stereocenters. The van der Waals surface area contributed by atoms with Crippen molar-refractivity contribution < 1.29 is 28.6 Å². The summed E-state index contributed by atoms with van der Waals surface area (Å²) in [5, 5.41) is 0. The lowest BCUT2D eigenvalue weighted by Gasteiger charge is -2.15. The van der Waals surface area contributed by atoms with Gasteiger partial charge < -0.3 is 14.2 Å². The van der Waals surface area contributed by atoms with Crippen LogP contribution in [0.5, 0.6) is 17.2 Å². The van der Waals surface area contributed by atoms with Gasteiger partial charge in [-0.3, -0.25) is 14.4 Å². The van der Waals surface area contributed by atoms with E-state index in [0.717, 1.165) is 0 Å². The maximum Gasteiger partial charge on any atom is 0.308 e. The van der Waals surface area contributed by atoms with E-state index in [0.29, 0.717) is 5.56 Å². The number of carbonyl (C=O) groups excluding carboxylic acids is 3. The van der Waals surface area contributed by atoms with Gasteiger partial charge in [-0.1, -0.05) is 30.3 Å². The molecule has 0 spiro atoms. The second-order valence-corrected chi connectivity index (χ2v) is 4.86. The van der Waals surface area contributed by atoms with Crippen molar-refractivity contribution >= 4 is 17.7 Å². The summed E-state index contributed by atoms with van der Waals surface area (Å²) >= 11 is 0. The molecular formula is C18H16O6. The van der Waals surface area contributed by atoms with Gasteiger partial charge in [-0.2, -0.15) is 0 Å². The fourth-order valence-corrected chi connectivity index (χ4v) is 2.15. The Morgan fingerprint density at radius 2 is 1.42 bits per heavy atom. The van der Waals surface area contributed by atoms with E-state index in [4.69, 9.17) is 14.2 Å². The maximum absolute atomic E-state index is 12.7. The number of ketones is 1. The SMILES string of the molecule is COc1c(C(=O)c2ccccc2)ccc(OC(C)=O)c1OC(C)=O. The van der Waals surface area contributed by atoms with E-state index in [1.807, 2.05) is 0 Å². The highest BCUT2D eigenvalue weighted by atomic mass is 16.6. The van der Waals surface area contributed by atoms with E-state index >= 15 is 0 Å². The number of esters is 2. The molecule has 0 amide bonds. The zero-order chi connectivity index (χ0) is 17.7. The van der Waals surface area contributed by atoms with Crippen LogP contribution >= 0.6 is 0 Å². The second kappa shape index (κ2) is 7.41. The fourth-order valence-electron chi connectivity index (χ4n) is 2.15. The van der Waals surface area contributed by atoms with Crippen molar-refractivity contribution in [2.45, 2.75) is 13.8 Å². The predicted octanol–water partition coefficient (Wildman–Crippen LogP) is 2.78. The van der Waals surface area contributed by atoms with Crippen LogP contribution in [0.3, 0.4) is 0 Å². The van der Waals surface area contributed by atoms with Crippen molar-refractivity contribution in [2.24, 2.45) is 0 Å². The Morgan fingerprint density at radius 3 is 1.96 bits per heavy atom. The molecule has 0 aliphatic carbocycles. The smallest absolute Gasteiger partial charge is 0.308 e. The monoisotopic (exact) mass is 328 g/mol. The summed E-state index contributed by atoms with van der Waals surface area (Å²) in [6.45, 7) is 2.41. The number of ether oxygens (including phenoxy) is 3. The molecule has 0 atom stereocenters. The molecule has 0 radical (unpaired) electrons. The Balaban J connectivity index is 2.59. The maximum atomic E-state index is 12.7. The highest BCUT2D eigenvalue weighted by Gasteiger charge is 2.24. The molecule has 6 heteroatoms. The third-order valence-corrected chi connectivity index (χ3v) is 3.06. The first-order chi connectivity index (χ1) is 11.4. The summed E-state index contributed by atoms with van der Waals surface area (Å²) in [7, 11) is 1.33. The average molecular weight is 328 g/mol. The Kier molecular flexibility index (Phi) is 5.31. The number of rotatable bonds is 5. The summed E-state index contributed by atoms with van der Waals surface area (Å²) in [5.41, 5.74) is 0.640. The third kappa shape index (κ3) is 3.78. The van der Waals surface area contributed by atoms with Crippen LogP contribution in [0.25, 0.3) is 0 Å². The van der Waals surface area contributed by atoms with Gasteiger partial charge in [0.25, 0.3) is 0 Å². The Morgan fingerprint density at radius 1 is 0.792 bits per heavy atom. The molecule has 0 aromatic heterocycles. The van der Waals surface area contributed by atoms with Gasteiger partial charge in [-0.05, 0) is 12.1 Å². The van der Waals surface area contributed by atoms with Crippen LogP contribution in [0.4, 0.5) is 0 Å². The van der Waals surface area contributed by atoms with Crippen LogP contribution < -0.4 is 14.2 Å². The number of carbonyl (C=O) groups is 3. The van der Waals surface area contributed by atoms with Crippen LogP contribution in [0.1, 0.15) is 29.8 Å². The average Bonchev–Trinajstić information content (AvgIpc) is 2.55. The first-order valence-corrected chi connectivity index (χ1v) is 7.11. The van der Waals surface area contributed by atoms with Crippen LogP contribution in [0.15, 0.2) is 42.5 Å². The molecule has 0 saturated carbocycles. The molecular weight excluding hydrogens is 312 g/mol. The zero-order valence-corrected chi connectivity index (χ0v) is 13.5. The van der Waals surface area contributed by atoms with Gasteiger partial charge in [0.2, 0.25) is 5.75 Å². The summed E-state index contributed by atoms with van der Waals surface area (Å²) < 4.78 is 15.4. The van der Waals surface area contributed by atoms with Gasteiger partial charge >= 0.3 is 11.9 Å². The van der Waals surface area contributed by atoms with Gasteiger partial charge in [-0.25, -0.2) is 0 Å². The number of methoxy groups -OCH3 is 1. The Bertz CT molecular complexity index is 780. The normalized spacial score (nSPS) is 9.96. The van der Waals surface area contributed by atoms with Gasteiger partial charge in [0, 0.05) is 19.4 Å². The lowest BCUT2D eigenvalue weighted by Crippen LogP contribution is -2.11. The van der Waals surface area contributed by atoms with Crippen LogP contribution in [0.2, 0.25) is 0 Å². The first-order valence-electron chi connectivity index (χ1n) is 7.11. The minimum atomic E-state index is -0.633. The van der Waals surface area contributed by atoms with E-state index < -0.39 is 11.9 Å². The van der Waals surface area contributed by atoms with E-state index in [2.05, 4.69) is 0 Å². The van der Waals surface area contributed by atoms with Crippen LogP contribution in [0, 0.1) is 0 Å². The summed E-state index contributed by atoms with van der Waals surface area (Å²) in [6.07, 6.45) is 0. The molecule has 0 bridgehead atoms. The van der Waals surface area contributed by atoms with Crippen molar-refractivity contribution in [2.75, 3.05) is 7.11 Å². The summed E-state index contributed by atoms with van der Waals surface area (Å²) in [5.74, 6) is -1.62. The molecule has 2 aromatic rings. The molecule has 0 aliphatic rings. The van der Waals surface area contributed by atoms with Crippen molar-refractivity contribution in [1.29, 1.82) is 0 Å². The fraction of sp³-hybridized carbons (Fsp3) is 0.167. The van der Waals surface area contributed by atoms with E-state index in [1.54, 1.807) is 30.3 Å². The molecule has 0 N–H and O–H groups in total. The van der Waals surface area contributed by atoms with Gasteiger partial charge in [0.15, 0.2) is 17.3 Å². The van der Waals surface area contributed by atoms with E-state index in [1.165, 1.54) is 33.1 Å². The molecule has 0 fully saturated rings. The minimum absolute atomic E-state index is 0.000776. The van der Waals surface area contributed by atoms with Crippen LogP contribution in [-0.2, 0) is 9.59 Å². The number of benzene rings is 2. The van der Waals surface area contributed by atoms with E-state index in [-0.39, 0.29) is 28.6 Å². The third-order valence-electron chi connectivity index (χ3n) is 3.06. The topological polar surface area (TPSA) is 78.9 Å². The molecule has 2 aromatic carbocycles. The van der Waals surface area contributed by atoms with Gasteiger partial charge in [0.05, 0.1) is 12.7 Å². The molecule has 0 heterocycles. The van der Waals surface area contributed by atoms with Crippen molar-refractivity contribution in [1.82, 2.24) is 0 Å². The quantitative estimate of drug-likeness (QED) is 0.477. The largest absolute Gasteiger partial charge is 0.492 e. The molecule has 24 heavy (non-hydrogen) atoms. The lowest BCUT2D eigenvalue weighted by atomic mass is 10.0. The Hall–Kier alpha value is -3.15. The Labute approximate surface area is 139 Å². The standard InChI is InChI=1S/C18H16O6/c1-11(19)23-15-10-9-14(16(21)13-7-5-4-6-8-13)17(22-3)18(15)24-12(2)20/h4-10H,1-3H3. The lowest BCUT2D eigenvalue weighted by molar-refractivity contribution is -0.134. The first kappa shape index (κ1) is 17.2. The number of hydrogen-bond donors (Lipinski definition) is 0. The molecule has 0 saturated heterocycles. The second-order valence-electron chi connectivity index (χ2n) is 4.86.